The molecule has 3 fully saturated rings. The summed E-state index contributed by atoms with van der Waals surface area (Å²) >= 11 is 0. The van der Waals surface area contributed by atoms with Gasteiger partial charge in [-0.2, -0.15) is 0 Å². The Bertz CT molecular complexity index is 1240. The van der Waals surface area contributed by atoms with E-state index in [4.69, 9.17) is 9.47 Å². The Balaban J connectivity index is 1.21. The number of hydrogen-bond acceptors (Lipinski definition) is 4. The number of piperidine rings is 1. The highest BCUT2D eigenvalue weighted by molar-refractivity contribution is 5.83. The number of ether oxygens (including phenoxy) is 2. The highest BCUT2D eigenvalue weighted by atomic mass is 19.3. The van der Waals surface area contributed by atoms with Crippen molar-refractivity contribution in [1.82, 2.24) is 10.2 Å². The van der Waals surface area contributed by atoms with E-state index in [9.17, 15) is 13.6 Å². The van der Waals surface area contributed by atoms with Crippen molar-refractivity contribution in [2.75, 3.05) is 32.8 Å². The lowest BCUT2D eigenvalue weighted by Gasteiger charge is -2.48. The lowest BCUT2D eigenvalue weighted by Crippen LogP contribution is -2.56. The van der Waals surface area contributed by atoms with Crippen LogP contribution in [0.25, 0.3) is 0 Å². The van der Waals surface area contributed by atoms with Gasteiger partial charge in [0.1, 0.15) is 0 Å². The second-order valence-corrected chi connectivity index (χ2v) is 12.4. The third-order valence-electron chi connectivity index (χ3n) is 10.3. The number of fused-ring (bicyclic) bond motifs is 4. The number of rotatable bonds is 3. The molecule has 1 aliphatic carbocycles. The van der Waals surface area contributed by atoms with Crippen molar-refractivity contribution in [3.8, 4) is 11.5 Å². The highest BCUT2D eigenvalue weighted by Gasteiger charge is 2.54. The van der Waals surface area contributed by atoms with E-state index in [0.29, 0.717) is 39.3 Å². The molecule has 1 spiro atoms. The number of carbonyl (C=O) groups is 1. The molecule has 1 amide bonds. The van der Waals surface area contributed by atoms with Gasteiger partial charge in [-0.1, -0.05) is 42.5 Å². The van der Waals surface area contributed by atoms with Crippen molar-refractivity contribution >= 4 is 5.91 Å². The van der Waals surface area contributed by atoms with Gasteiger partial charge in [0.25, 0.3) is 0 Å². The number of halogens is 2. The molecule has 5 nitrogen and oxygen atoms in total. The van der Waals surface area contributed by atoms with Gasteiger partial charge in [0.15, 0.2) is 11.5 Å². The minimum atomic E-state index is -2.65. The second-order valence-electron chi connectivity index (χ2n) is 12.4. The van der Waals surface area contributed by atoms with Crippen molar-refractivity contribution in [2.45, 2.75) is 74.7 Å². The SMILES string of the molecule is O=C([C@@H]1CNC[C@]12CCOc1c2ccc2c1OCC2)N1CC[C@@H](c2ccccc2)C[C@H]1C1CCCC(F)(F)C1. The van der Waals surface area contributed by atoms with Crippen molar-refractivity contribution in [1.29, 1.82) is 0 Å². The first-order valence-electron chi connectivity index (χ1n) is 14.8. The maximum absolute atomic E-state index is 14.7. The molecule has 5 aliphatic rings. The molecule has 0 bridgehead atoms. The minimum Gasteiger partial charge on any atom is -0.489 e. The van der Waals surface area contributed by atoms with Crippen LogP contribution in [0.2, 0.25) is 0 Å². The van der Waals surface area contributed by atoms with Gasteiger partial charge in [-0.3, -0.25) is 4.79 Å². The molecule has 2 saturated heterocycles. The first-order chi connectivity index (χ1) is 19.0. The third-order valence-corrected chi connectivity index (χ3v) is 10.3. The molecular weight excluding hydrogens is 498 g/mol. The van der Waals surface area contributed by atoms with Crippen LogP contribution in [0.3, 0.4) is 0 Å². The van der Waals surface area contributed by atoms with E-state index in [-0.39, 0.29) is 48.0 Å². The quantitative estimate of drug-likeness (QED) is 0.566. The van der Waals surface area contributed by atoms with Crippen LogP contribution in [0.1, 0.15) is 67.6 Å². The van der Waals surface area contributed by atoms with Gasteiger partial charge in [0.2, 0.25) is 11.8 Å². The van der Waals surface area contributed by atoms with E-state index in [0.717, 1.165) is 49.2 Å². The van der Waals surface area contributed by atoms with Gasteiger partial charge >= 0.3 is 0 Å². The Morgan fingerprint density at radius 1 is 1.00 bits per heavy atom. The summed E-state index contributed by atoms with van der Waals surface area (Å²) in [5.74, 6) is -1.00. The lowest BCUT2D eigenvalue weighted by atomic mass is 9.67. The number of benzene rings is 2. The number of alkyl halides is 2. The summed E-state index contributed by atoms with van der Waals surface area (Å²) in [6.07, 6.45) is 4.39. The zero-order chi connectivity index (χ0) is 26.6. The van der Waals surface area contributed by atoms with Crippen molar-refractivity contribution in [2.24, 2.45) is 11.8 Å². The summed E-state index contributed by atoms with van der Waals surface area (Å²) in [5, 5.41) is 3.54. The van der Waals surface area contributed by atoms with E-state index in [1.54, 1.807) is 0 Å². The standard InChI is InChI=1S/C32H38F2N2O3/c33-32(34)12-4-7-24(18-32)27-17-23(21-5-2-1-3-6-21)10-14-36(27)30(37)26-19-35-20-31(26)13-16-39-29-25(31)9-8-22-11-15-38-28(22)29/h1-3,5-6,8-9,23-24,26-27,35H,4,7,10-20H2/t23-,24?,26+,27+,31+/m1/s1. The maximum Gasteiger partial charge on any atom is 0.248 e. The number of likely N-dealkylation sites (tertiary alicyclic amines) is 1. The zero-order valence-corrected chi connectivity index (χ0v) is 22.5. The van der Waals surface area contributed by atoms with Crippen molar-refractivity contribution in [3.63, 3.8) is 0 Å². The third kappa shape index (κ3) is 4.32. The fourth-order valence-electron chi connectivity index (χ4n) is 8.34. The zero-order valence-electron chi connectivity index (χ0n) is 22.5. The van der Waals surface area contributed by atoms with E-state index < -0.39 is 5.92 Å². The molecule has 4 heterocycles. The van der Waals surface area contributed by atoms with Crippen LogP contribution in [0.15, 0.2) is 42.5 Å². The molecule has 5 atom stereocenters. The number of hydrogen-bond donors (Lipinski definition) is 1. The van der Waals surface area contributed by atoms with Crippen LogP contribution < -0.4 is 14.8 Å². The fraction of sp³-hybridized carbons (Fsp3) is 0.594. The van der Waals surface area contributed by atoms with Crippen LogP contribution in [-0.4, -0.2) is 55.6 Å². The predicted octanol–water partition coefficient (Wildman–Crippen LogP) is 5.46. The molecule has 208 valence electrons. The Morgan fingerprint density at radius 2 is 1.85 bits per heavy atom. The largest absolute Gasteiger partial charge is 0.489 e. The van der Waals surface area contributed by atoms with Crippen LogP contribution in [0, 0.1) is 11.8 Å². The average molecular weight is 537 g/mol. The molecule has 1 unspecified atom stereocenters. The van der Waals surface area contributed by atoms with E-state index in [2.05, 4.69) is 29.6 Å². The summed E-state index contributed by atoms with van der Waals surface area (Å²) in [6, 6.07) is 14.5. The molecule has 7 rings (SSSR count). The maximum atomic E-state index is 14.7. The first kappa shape index (κ1) is 25.3. The summed E-state index contributed by atoms with van der Waals surface area (Å²) in [5.41, 5.74) is 3.12. The minimum absolute atomic E-state index is 0.0366. The van der Waals surface area contributed by atoms with Crippen molar-refractivity contribution < 1.29 is 23.0 Å². The van der Waals surface area contributed by atoms with Gasteiger partial charge in [-0.05, 0) is 49.5 Å². The van der Waals surface area contributed by atoms with Crippen LogP contribution >= 0.6 is 0 Å². The monoisotopic (exact) mass is 536 g/mol. The molecule has 7 heteroatoms. The van der Waals surface area contributed by atoms with Gasteiger partial charge in [-0.15, -0.1) is 0 Å². The molecule has 0 aromatic heterocycles. The Labute approximate surface area is 229 Å². The van der Waals surface area contributed by atoms with E-state index in [1.807, 2.05) is 23.1 Å². The van der Waals surface area contributed by atoms with Gasteiger partial charge in [0, 0.05) is 61.5 Å². The molecule has 2 aromatic carbocycles. The van der Waals surface area contributed by atoms with Crippen LogP contribution in [0.5, 0.6) is 11.5 Å². The van der Waals surface area contributed by atoms with E-state index >= 15 is 0 Å². The normalized spacial score (nSPS) is 33.2. The number of nitrogens with zero attached hydrogens (tertiary/aromatic N) is 1. The molecular formula is C32H38F2N2O3. The molecule has 1 saturated carbocycles. The van der Waals surface area contributed by atoms with Gasteiger partial charge in [-0.25, -0.2) is 8.78 Å². The van der Waals surface area contributed by atoms with Crippen LogP contribution in [-0.2, 0) is 16.6 Å². The predicted molar refractivity (Wildman–Crippen MR) is 145 cm³/mol. The molecule has 0 radical (unpaired) electrons. The summed E-state index contributed by atoms with van der Waals surface area (Å²) in [4.78, 5) is 16.6. The second kappa shape index (κ2) is 9.76. The molecule has 39 heavy (non-hydrogen) atoms. The lowest BCUT2D eigenvalue weighted by molar-refractivity contribution is -0.145. The summed E-state index contributed by atoms with van der Waals surface area (Å²) in [6.45, 7) is 3.14. The van der Waals surface area contributed by atoms with Crippen molar-refractivity contribution in [3.05, 3.63) is 59.2 Å². The number of carbonyl (C=O) groups excluding carboxylic acids is 1. The Kier molecular flexibility index (Phi) is 6.33. The molecule has 4 aliphatic heterocycles. The van der Waals surface area contributed by atoms with Gasteiger partial charge < -0.3 is 19.7 Å². The van der Waals surface area contributed by atoms with Gasteiger partial charge in [0.05, 0.1) is 19.1 Å². The summed E-state index contributed by atoms with van der Waals surface area (Å²) in [7, 11) is 0. The average Bonchev–Trinajstić information content (AvgIpc) is 3.60. The number of amides is 1. The smallest absolute Gasteiger partial charge is 0.248 e. The van der Waals surface area contributed by atoms with Crippen LogP contribution in [0.4, 0.5) is 8.78 Å². The fourth-order valence-corrected chi connectivity index (χ4v) is 8.34. The number of nitrogens with one attached hydrogen (secondary N) is 1. The Morgan fingerprint density at radius 3 is 2.69 bits per heavy atom. The topological polar surface area (TPSA) is 50.8 Å². The molecule has 1 N–H and O–H groups in total. The highest BCUT2D eigenvalue weighted by Crippen LogP contribution is 2.52. The molecule has 2 aromatic rings. The Hall–Kier alpha value is -2.67. The van der Waals surface area contributed by atoms with E-state index in [1.165, 1.54) is 11.1 Å². The summed E-state index contributed by atoms with van der Waals surface area (Å²) < 4.78 is 41.5. The first-order valence-corrected chi connectivity index (χ1v) is 14.8.